The molecule has 1 unspecified atom stereocenters. The Morgan fingerprint density at radius 2 is 2.14 bits per heavy atom. The minimum atomic E-state index is 0.374. The highest BCUT2D eigenvalue weighted by atomic mass is 16.5. The molecule has 3 nitrogen and oxygen atoms in total. The molecule has 0 N–H and O–H groups in total. The molecule has 1 aliphatic carbocycles. The van der Waals surface area contributed by atoms with Crippen molar-refractivity contribution in [2.45, 2.75) is 46.1 Å². The van der Waals surface area contributed by atoms with Gasteiger partial charge in [-0.3, -0.25) is 4.99 Å². The molecule has 80 valence electrons. The van der Waals surface area contributed by atoms with Crippen molar-refractivity contribution in [1.82, 2.24) is 0 Å². The van der Waals surface area contributed by atoms with E-state index in [-0.39, 0.29) is 0 Å². The van der Waals surface area contributed by atoms with E-state index >= 15 is 0 Å². The van der Waals surface area contributed by atoms with Gasteiger partial charge in [0.2, 0.25) is 0 Å². The highest BCUT2D eigenvalue weighted by Crippen LogP contribution is 2.31. The third-order valence-corrected chi connectivity index (χ3v) is 2.45. The van der Waals surface area contributed by atoms with E-state index < -0.39 is 0 Å². The molecule has 0 spiro atoms. The van der Waals surface area contributed by atoms with Gasteiger partial charge in [-0.25, -0.2) is 4.99 Å². The Bertz CT molecular complexity index is 242. The van der Waals surface area contributed by atoms with Crippen LogP contribution in [0.2, 0.25) is 0 Å². The quantitative estimate of drug-likeness (QED) is 0.504. The second-order valence-electron chi connectivity index (χ2n) is 3.85. The smallest absolute Gasteiger partial charge is 0.186 e. The first-order chi connectivity index (χ1) is 6.67. The summed E-state index contributed by atoms with van der Waals surface area (Å²) in [5.74, 6) is 2.28. The molecule has 0 radical (unpaired) electrons. The van der Waals surface area contributed by atoms with E-state index in [9.17, 15) is 0 Å². The Hall–Kier alpha value is -0.860. The summed E-state index contributed by atoms with van der Waals surface area (Å²) >= 11 is 0. The van der Waals surface area contributed by atoms with E-state index in [4.69, 9.17) is 4.74 Å². The highest BCUT2D eigenvalue weighted by molar-refractivity contribution is 5.96. The zero-order valence-corrected chi connectivity index (χ0v) is 9.58. The van der Waals surface area contributed by atoms with Crippen LogP contribution in [0.5, 0.6) is 0 Å². The normalized spacial score (nSPS) is 20.9. The fourth-order valence-electron chi connectivity index (χ4n) is 1.09. The number of ether oxygens (including phenoxy) is 1. The molecule has 1 aliphatic rings. The summed E-state index contributed by atoms with van der Waals surface area (Å²) in [6.45, 7) is 6.14. The van der Waals surface area contributed by atoms with Crippen molar-refractivity contribution < 1.29 is 4.74 Å². The van der Waals surface area contributed by atoms with Crippen LogP contribution >= 0.6 is 0 Å². The van der Waals surface area contributed by atoms with Crippen molar-refractivity contribution >= 4 is 11.7 Å². The van der Waals surface area contributed by atoms with Crippen LogP contribution in [0.25, 0.3) is 0 Å². The van der Waals surface area contributed by atoms with Crippen LogP contribution in [-0.4, -0.2) is 24.9 Å². The lowest BCUT2D eigenvalue weighted by atomic mass is 10.2. The third-order valence-electron chi connectivity index (χ3n) is 2.45. The minimum Gasteiger partial charge on any atom is -0.484 e. The highest BCUT2D eigenvalue weighted by Gasteiger charge is 2.28. The van der Waals surface area contributed by atoms with Crippen molar-refractivity contribution in [3.8, 4) is 0 Å². The molecule has 0 aromatic carbocycles. The van der Waals surface area contributed by atoms with Crippen molar-refractivity contribution in [2.75, 3.05) is 7.11 Å². The van der Waals surface area contributed by atoms with E-state index in [1.54, 1.807) is 7.11 Å². The van der Waals surface area contributed by atoms with Crippen LogP contribution in [0.3, 0.4) is 0 Å². The van der Waals surface area contributed by atoms with Gasteiger partial charge in [0.25, 0.3) is 0 Å². The summed E-state index contributed by atoms with van der Waals surface area (Å²) in [6.07, 6.45) is 3.53. The zero-order chi connectivity index (χ0) is 10.6. The molecule has 1 atom stereocenters. The Balaban J connectivity index is 2.68. The summed E-state index contributed by atoms with van der Waals surface area (Å²) in [4.78, 5) is 8.98. The van der Waals surface area contributed by atoms with Gasteiger partial charge in [-0.2, -0.15) is 0 Å². The lowest BCUT2D eigenvalue weighted by Crippen LogP contribution is -2.08. The first kappa shape index (κ1) is 11.2. The van der Waals surface area contributed by atoms with Gasteiger partial charge in [0.15, 0.2) is 5.90 Å². The van der Waals surface area contributed by atoms with Crippen LogP contribution in [0, 0.1) is 5.92 Å². The van der Waals surface area contributed by atoms with Crippen LogP contribution in [0.15, 0.2) is 9.98 Å². The van der Waals surface area contributed by atoms with Gasteiger partial charge in [0.05, 0.1) is 7.11 Å². The lowest BCUT2D eigenvalue weighted by molar-refractivity contribution is 0.400. The summed E-state index contributed by atoms with van der Waals surface area (Å²) in [7, 11) is 1.65. The molecule has 0 amide bonds. The fraction of sp³-hybridized carbons (Fsp3) is 0.818. The second kappa shape index (κ2) is 5.13. The van der Waals surface area contributed by atoms with Gasteiger partial charge in [-0.05, 0) is 26.2 Å². The average Bonchev–Trinajstić information content (AvgIpc) is 2.99. The Labute approximate surface area is 86.3 Å². The Morgan fingerprint density at radius 3 is 2.57 bits per heavy atom. The molecule has 0 bridgehead atoms. The monoisotopic (exact) mass is 196 g/mol. The van der Waals surface area contributed by atoms with E-state index in [0.29, 0.717) is 17.9 Å². The first-order valence-electron chi connectivity index (χ1n) is 5.34. The van der Waals surface area contributed by atoms with E-state index in [1.165, 1.54) is 12.8 Å². The zero-order valence-electron chi connectivity index (χ0n) is 9.58. The number of aliphatic imine (C=N–C) groups is 2. The predicted octanol–water partition coefficient (Wildman–Crippen LogP) is 2.66. The van der Waals surface area contributed by atoms with Gasteiger partial charge in [-0.15, -0.1) is 0 Å². The topological polar surface area (TPSA) is 34.0 Å². The van der Waals surface area contributed by atoms with Gasteiger partial charge in [0.1, 0.15) is 5.84 Å². The molecular weight excluding hydrogens is 176 g/mol. The molecule has 1 rings (SSSR count). The van der Waals surface area contributed by atoms with E-state index in [0.717, 1.165) is 12.3 Å². The van der Waals surface area contributed by atoms with Crippen LogP contribution in [0.1, 0.15) is 40.0 Å². The molecule has 0 heterocycles. The predicted molar refractivity (Wildman–Crippen MR) is 60.0 cm³/mol. The number of rotatable bonds is 3. The maximum Gasteiger partial charge on any atom is 0.186 e. The largest absolute Gasteiger partial charge is 0.484 e. The second-order valence-corrected chi connectivity index (χ2v) is 3.85. The molecule has 0 aliphatic heterocycles. The maximum atomic E-state index is 5.04. The van der Waals surface area contributed by atoms with Gasteiger partial charge < -0.3 is 4.74 Å². The van der Waals surface area contributed by atoms with Gasteiger partial charge in [0, 0.05) is 18.9 Å². The summed E-state index contributed by atoms with van der Waals surface area (Å²) < 4.78 is 5.04. The molecule has 0 aromatic heterocycles. The maximum absolute atomic E-state index is 5.04. The van der Waals surface area contributed by atoms with Crippen molar-refractivity contribution in [2.24, 2.45) is 15.9 Å². The molecule has 0 saturated heterocycles. The van der Waals surface area contributed by atoms with Crippen LogP contribution in [0.4, 0.5) is 0 Å². The number of methoxy groups -OCH3 is 1. The number of nitrogens with zero attached hydrogens (tertiary/aromatic N) is 2. The van der Waals surface area contributed by atoms with Gasteiger partial charge in [-0.1, -0.05) is 6.92 Å². The number of hydrogen-bond acceptors (Lipinski definition) is 2. The Kier molecular flexibility index (Phi) is 4.11. The first-order valence-corrected chi connectivity index (χ1v) is 5.34. The molecule has 0 aromatic rings. The molecular formula is C11H20N2O. The van der Waals surface area contributed by atoms with Crippen molar-refractivity contribution in [3.05, 3.63) is 0 Å². The van der Waals surface area contributed by atoms with E-state index in [1.807, 2.05) is 6.92 Å². The summed E-state index contributed by atoms with van der Waals surface area (Å²) in [6, 6.07) is 0.374. The number of hydrogen-bond donors (Lipinski definition) is 0. The Morgan fingerprint density at radius 1 is 1.50 bits per heavy atom. The van der Waals surface area contributed by atoms with Crippen molar-refractivity contribution in [3.63, 3.8) is 0 Å². The molecule has 14 heavy (non-hydrogen) atoms. The van der Waals surface area contributed by atoms with E-state index in [2.05, 4.69) is 23.8 Å². The standard InChI is InChI=1S/C11H20N2O/c1-5-8(2)12-11(10-6-7-10)13-9(3)14-4/h8,10H,5-7H2,1-4H3/b12-11-,13-9+. The summed E-state index contributed by atoms with van der Waals surface area (Å²) in [5.41, 5.74) is 0. The minimum absolute atomic E-state index is 0.374. The fourth-order valence-corrected chi connectivity index (χ4v) is 1.09. The van der Waals surface area contributed by atoms with Crippen LogP contribution in [-0.2, 0) is 4.74 Å². The summed E-state index contributed by atoms with van der Waals surface area (Å²) in [5, 5.41) is 0. The third kappa shape index (κ3) is 3.48. The lowest BCUT2D eigenvalue weighted by Gasteiger charge is -2.05. The SMILES string of the molecule is CCC(C)/N=C(\N=C(/C)OC)C1CC1. The number of amidine groups is 1. The average molecular weight is 196 g/mol. The molecule has 1 saturated carbocycles. The molecule has 1 fully saturated rings. The van der Waals surface area contributed by atoms with Gasteiger partial charge >= 0.3 is 0 Å². The molecule has 3 heteroatoms. The van der Waals surface area contributed by atoms with Crippen LogP contribution < -0.4 is 0 Å². The van der Waals surface area contributed by atoms with Crippen molar-refractivity contribution in [1.29, 1.82) is 0 Å².